The van der Waals surface area contributed by atoms with E-state index in [0.717, 1.165) is 10.6 Å². The van der Waals surface area contributed by atoms with Gasteiger partial charge in [-0.25, -0.2) is 9.37 Å². The van der Waals surface area contributed by atoms with Gasteiger partial charge in [0.15, 0.2) is 0 Å². The van der Waals surface area contributed by atoms with Crippen molar-refractivity contribution in [2.45, 2.75) is 13.3 Å². The van der Waals surface area contributed by atoms with E-state index in [1.165, 1.54) is 23.5 Å². The van der Waals surface area contributed by atoms with Crippen molar-refractivity contribution in [3.8, 4) is 0 Å². The third kappa shape index (κ3) is 4.61. The van der Waals surface area contributed by atoms with E-state index in [2.05, 4.69) is 10.3 Å². The number of carbonyl (C=O) groups excluding carboxylic acids is 1. The minimum absolute atomic E-state index is 0.0133. The number of nitrogens with zero attached hydrogens (tertiary/aromatic N) is 1. The number of rotatable bonds is 6. The van der Waals surface area contributed by atoms with Gasteiger partial charge in [0.1, 0.15) is 11.5 Å². The number of amides is 1. The fraction of sp³-hybridized carbons (Fsp3) is 0.333. The topological polar surface area (TPSA) is 62.2 Å². The van der Waals surface area contributed by atoms with Crippen LogP contribution in [0.5, 0.6) is 0 Å². The molecule has 0 saturated heterocycles. The van der Waals surface area contributed by atoms with Crippen LogP contribution in [0, 0.1) is 11.7 Å². The predicted molar refractivity (Wildman–Crippen MR) is 79.9 cm³/mol. The van der Waals surface area contributed by atoms with E-state index in [4.69, 9.17) is 5.11 Å². The lowest BCUT2D eigenvalue weighted by atomic mass is 10.1. The third-order valence-corrected chi connectivity index (χ3v) is 3.80. The molecule has 2 rings (SSSR count). The number of aliphatic hydroxyl groups excluding tert-OH is 1. The summed E-state index contributed by atoms with van der Waals surface area (Å²) < 4.78 is 13.1. The highest BCUT2D eigenvalue weighted by atomic mass is 32.1. The highest BCUT2D eigenvalue weighted by Gasteiger charge is 2.12. The molecule has 0 radical (unpaired) electrons. The Labute approximate surface area is 126 Å². The van der Waals surface area contributed by atoms with Crippen LogP contribution in [0.25, 0.3) is 0 Å². The molecule has 1 aromatic carbocycles. The van der Waals surface area contributed by atoms with Gasteiger partial charge < -0.3 is 10.4 Å². The molecule has 0 aliphatic carbocycles. The number of hydrogen-bond acceptors (Lipinski definition) is 4. The molecule has 112 valence electrons. The Balaban J connectivity index is 1.96. The van der Waals surface area contributed by atoms with Crippen molar-refractivity contribution in [1.82, 2.24) is 10.3 Å². The zero-order valence-electron chi connectivity index (χ0n) is 11.7. The highest BCUT2D eigenvalue weighted by molar-refractivity contribution is 7.09. The van der Waals surface area contributed by atoms with E-state index in [9.17, 15) is 9.18 Å². The molecule has 0 saturated carbocycles. The summed E-state index contributed by atoms with van der Waals surface area (Å²) in [6, 6.07) is 6.34. The van der Waals surface area contributed by atoms with E-state index < -0.39 is 0 Å². The molecule has 1 unspecified atom stereocenters. The van der Waals surface area contributed by atoms with E-state index in [1.807, 2.05) is 13.0 Å². The summed E-state index contributed by atoms with van der Waals surface area (Å²) in [6.45, 7) is 2.28. The minimum atomic E-state index is -0.278. The molecule has 0 fully saturated rings. The van der Waals surface area contributed by atoms with Crippen LogP contribution in [0.1, 0.15) is 28.0 Å². The number of aromatic nitrogens is 1. The molecule has 2 N–H and O–H groups in total. The number of benzene rings is 1. The van der Waals surface area contributed by atoms with Crippen LogP contribution in [-0.2, 0) is 6.42 Å². The monoisotopic (exact) mass is 308 g/mol. The quantitative estimate of drug-likeness (QED) is 0.860. The van der Waals surface area contributed by atoms with E-state index in [1.54, 1.807) is 11.4 Å². The lowest BCUT2D eigenvalue weighted by Crippen LogP contribution is -2.29. The average molecular weight is 308 g/mol. The van der Waals surface area contributed by atoms with Crippen molar-refractivity contribution in [3.05, 3.63) is 51.7 Å². The van der Waals surface area contributed by atoms with Crippen molar-refractivity contribution in [2.75, 3.05) is 13.2 Å². The summed E-state index contributed by atoms with van der Waals surface area (Å²) in [5.74, 6) is -0.517. The van der Waals surface area contributed by atoms with E-state index in [-0.39, 0.29) is 24.2 Å². The Morgan fingerprint density at radius 3 is 3.05 bits per heavy atom. The van der Waals surface area contributed by atoms with Gasteiger partial charge in [-0.3, -0.25) is 4.79 Å². The Bertz CT molecular complexity index is 615. The van der Waals surface area contributed by atoms with Gasteiger partial charge >= 0.3 is 0 Å². The fourth-order valence-corrected chi connectivity index (χ4v) is 2.55. The van der Waals surface area contributed by atoms with Crippen molar-refractivity contribution in [3.63, 3.8) is 0 Å². The molecule has 0 bridgehead atoms. The normalized spacial score (nSPS) is 12.1. The predicted octanol–water partition coefficient (Wildman–Crippen LogP) is 2.23. The Hall–Kier alpha value is -1.79. The lowest BCUT2D eigenvalue weighted by Gasteiger charge is -2.07. The second kappa shape index (κ2) is 7.28. The van der Waals surface area contributed by atoms with Gasteiger partial charge in [-0.05, 0) is 23.6 Å². The summed E-state index contributed by atoms with van der Waals surface area (Å²) >= 11 is 1.37. The van der Waals surface area contributed by atoms with Gasteiger partial charge in [-0.1, -0.05) is 19.1 Å². The second-order valence-corrected chi connectivity index (χ2v) is 5.87. The molecule has 1 atom stereocenters. The molecular formula is C15H17FN2O2S. The molecule has 1 aromatic heterocycles. The van der Waals surface area contributed by atoms with E-state index >= 15 is 0 Å². The third-order valence-electron chi connectivity index (χ3n) is 2.95. The fourth-order valence-electron chi connectivity index (χ4n) is 1.74. The zero-order valence-corrected chi connectivity index (χ0v) is 12.5. The average Bonchev–Trinajstić information content (AvgIpc) is 2.93. The number of thiazole rings is 1. The molecule has 1 amide bonds. The van der Waals surface area contributed by atoms with Crippen molar-refractivity contribution in [1.29, 1.82) is 0 Å². The molecule has 0 aliphatic rings. The minimum Gasteiger partial charge on any atom is -0.396 e. The van der Waals surface area contributed by atoms with Gasteiger partial charge in [-0.2, -0.15) is 0 Å². The van der Waals surface area contributed by atoms with Crippen LogP contribution < -0.4 is 5.32 Å². The number of carbonyl (C=O) groups is 1. The van der Waals surface area contributed by atoms with Crippen LogP contribution in [0.2, 0.25) is 0 Å². The summed E-state index contributed by atoms with van der Waals surface area (Å²) in [6.07, 6.45) is 0.503. The van der Waals surface area contributed by atoms with Gasteiger partial charge in [0.05, 0.1) is 5.01 Å². The number of hydrogen-bond donors (Lipinski definition) is 2. The maximum atomic E-state index is 13.1. The SMILES string of the molecule is CC(CO)CNC(=O)c1csc(Cc2cccc(F)c2)n1. The smallest absolute Gasteiger partial charge is 0.270 e. The van der Waals surface area contributed by atoms with Crippen LogP contribution in [0.15, 0.2) is 29.6 Å². The Morgan fingerprint density at radius 2 is 2.33 bits per heavy atom. The molecule has 4 nitrogen and oxygen atoms in total. The van der Waals surface area contributed by atoms with Crippen LogP contribution in [0.3, 0.4) is 0 Å². The molecule has 21 heavy (non-hydrogen) atoms. The summed E-state index contributed by atoms with van der Waals surface area (Å²) in [5.41, 5.74) is 1.18. The Morgan fingerprint density at radius 1 is 1.52 bits per heavy atom. The lowest BCUT2D eigenvalue weighted by molar-refractivity contribution is 0.0938. The summed E-state index contributed by atoms with van der Waals surface area (Å²) in [7, 11) is 0. The van der Waals surface area contributed by atoms with Crippen LogP contribution in [-0.4, -0.2) is 29.1 Å². The van der Waals surface area contributed by atoms with Crippen molar-refractivity contribution >= 4 is 17.2 Å². The van der Waals surface area contributed by atoms with Crippen molar-refractivity contribution < 1.29 is 14.3 Å². The van der Waals surface area contributed by atoms with Gasteiger partial charge in [-0.15, -0.1) is 11.3 Å². The zero-order chi connectivity index (χ0) is 15.2. The first kappa shape index (κ1) is 15.6. The summed E-state index contributed by atoms with van der Waals surface area (Å²) in [5, 5.41) is 14.1. The molecular weight excluding hydrogens is 291 g/mol. The number of halogens is 1. The summed E-state index contributed by atoms with van der Waals surface area (Å²) in [4.78, 5) is 16.1. The molecule has 0 spiro atoms. The number of nitrogens with one attached hydrogen (secondary N) is 1. The number of aliphatic hydroxyl groups is 1. The standard InChI is InChI=1S/C15H17FN2O2S/c1-10(8-19)7-17-15(20)13-9-21-14(18-13)6-11-3-2-4-12(16)5-11/h2-5,9-10,19H,6-8H2,1H3,(H,17,20). The molecule has 6 heteroatoms. The van der Waals surface area contributed by atoms with Gasteiger partial charge in [0, 0.05) is 25.0 Å². The molecule has 0 aliphatic heterocycles. The molecule has 1 heterocycles. The van der Waals surface area contributed by atoms with Gasteiger partial charge in [0.25, 0.3) is 5.91 Å². The van der Waals surface area contributed by atoms with Crippen LogP contribution in [0.4, 0.5) is 4.39 Å². The first-order chi connectivity index (χ1) is 10.1. The molecule has 2 aromatic rings. The van der Waals surface area contributed by atoms with E-state index in [0.29, 0.717) is 18.7 Å². The maximum absolute atomic E-state index is 13.1. The highest BCUT2D eigenvalue weighted by Crippen LogP contribution is 2.15. The Kier molecular flexibility index (Phi) is 5.41. The van der Waals surface area contributed by atoms with Gasteiger partial charge in [0.2, 0.25) is 0 Å². The maximum Gasteiger partial charge on any atom is 0.270 e. The van der Waals surface area contributed by atoms with Crippen molar-refractivity contribution in [2.24, 2.45) is 5.92 Å². The first-order valence-electron chi connectivity index (χ1n) is 6.66. The first-order valence-corrected chi connectivity index (χ1v) is 7.54. The largest absolute Gasteiger partial charge is 0.396 e. The van der Waals surface area contributed by atoms with Crippen LogP contribution >= 0.6 is 11.3 Å². The second-order valence-electron chi connectivity index (χ2n) is 4.93.